The van der Waals surface area contributed by atoms with E-state index in [-0.39, 0.29) is 5.41 Å². The van der Waals surface area contributed by atoms with Crippen LogP contribution in [0.5, 0.6) is 5.75 Å². The Kier molecular flexibility index (Phi) is 8.33. The van der Waals surface area contributed by atoms with Crippen molar-refractivity contribution in [2.75, 3.05) is 30.3 Å². The van der Waals surface area contributed by atoms with Gasteiger partial charge in [0.15, 0.2) is 5.82 Å². The molecule has 8 heteroatoms. The number of likely N-dealkylation sites (N-methyl/N-ethyl adjacent to an activating group) is 1. The average Bonchev–Trinajstić information content (AvgIpc) is 2.82. The lowest BCUT2D eigenvalue weighted by molar-refractivity contribution is 0.203. The molecule has 0 saturated carbocycles. The molecule has 0 fully saturated rings. The lowest BCUT2D eigenvalue weighted by atomic mass is 9.78. The molecule has 0 aliphatic carbocycles. The number of nitrogens with one attached hydrogen (secondary N) is 2. The summed E-state index contributed by atoms with van der Waals surface area (Å²) < 4.78 is 6.05. The number of aromatic nitrogens is 2. The number of rotatable bonds is 9. The van der Waals surface area contributed by atoms with Crippen LogP contribution in [-0.4, -0.2) is 39.8 Å². The maximum Gasteiger partial charge on any atom is 0.229 e. The number of hydrogen-bond acceptors (Lipinski definition) is 7. The highest BCUT2D eigenvalue weighted by atomic mass is 35.5. The van der Waals surface area contributed by atoms with Crippen LogP contribution in [0.2, 0.25) is 5.02 Å². The van der Waals surface area contributed by atoms with E-state index < -0.39 is 0 Å². The van der Waals surface area contributed by atoms with Gasteiger partial charge in [-0.3, -0.25) is 4.90 Å². The first-order valence-electron chi connectivity index (χ1n) is 12.5. The van der Waals surface area contributed by atoms with E-state index in [1.807, 2.05) is 25.1 Å². The minimum Gasteiger partial charge on any atom is -0.492 e. The fourth-order valence-corrected chi connectivity index (χ4v) is 5.66. The van der Waals surface area contributed by atoms with E-state index in [0.717, 1.165) is 41.7 Å². The Hall–Kier alpha value is -2.48. The molecule has 0 saturated heterocycles. The lowest BCUT2D eigenvalue weighted by Gasteiger charge is -2.40. The molecule has 6 nitrogen and oxygen atoms in total. The molecule has 2 heterocycles. The third kappa shape index (κ3) is 6.07. The van der Waals surface area contributed by atoms with Gasteiger partial charge < -0.3 is 15.4 Å². The van der Waals surface area contributed by atoms with Crippen LogP contribution in [0.15, 0.2) is 47.5 Å². The summed E-state index contributed by atoms with van der Waals surface area (Å²) in [5.74, 6) is 1.82. The molecule has 2 N–H and O–H groups in total. The van der Waals surface area contributed by atoms with Gasteiger partial charge in [0.05, 0.1) is 24.2 Å². The monoisotopic (exact) mass is 525 g/mol. The van der Waals surface area contributed by atoms with Crippen LogP contribution in [0.25, 0.3) is 0 Å². The summed E-state index contributed by atoms with van der Waals surface area (Å²) in [5, 5.41) is 7.72. The summed E-state index contributed by atoms with van der Waals surface area (Å²) in [6.45, 7) is 16.7. The summed E-state index contributed by atoms with van der Waals surface area (Å²) >= 11 is 8.29. The van der Waals surface area contributed by atoms with E-state index in [1.165, 1.54) is 11.1 Å². The van der Waals surface area contributed by atoms with Gasteiger partial charge in [-0.1, -0.05) is 58.4 Å². The molecule has 0 amide bonds. The van der Waals surface area contributed by atoms with Crippen molar-refractivity contribution in [3.05, 3.63) is 58.7 Å². The fraction of sp³-hybridized carbons (Fsp3) is 0.429. The smallest absolute Gasteiger partial charge is 0.229 e. The predicted molar refractivity (Wildman–Crippen MR) is 153 cm³/mol. The van der Waals surface area contributed by atoms with Gasteiger partial charge in [0, 0.05) is 28.6 Å². The second kappa shape index (κ2) is 11.3. The molecule has 4 rings (SSSR count). The van der Waals surface area contributed by atoms with Crippen LogP contribution in [-0.2, 0) is 12.0 Å². The van der Waals surface area contributed by atoms with Crippen molar-refractivity contribution in [2.24, 2.45) is 0 Å². The van der Waals surface area contributed by atoms with Gasteiger partial charge in [-0.2, -0.15) is 4.98 Å². The zero-order valence-electron chi connectivity index (χ0n) is 22.0. The van der Waals surface area contributed by atoms with Gasteiger partial charge >= 0.3 is 0 Å². The topological polar surface area (TPSA) is 62.3 Å². The van der Waals surface area contributed by atoms with Gasteiger partial charge in [0.2, 0.25) is 5.95 Å². The van der Waals surface area contributed by atoms with E-state index in [2.05, 4.69) is 73.3 Å². The number of fused-ring (bicyclic) bond motifs is 1. The molecule has 0 atom stereocenters. The van der Waals surface area contributed by atoms with Crippen molar-refractivity contribution in [1.82, 2.24) is 14.9 Å². The number of hydrogen-bond donors (Lipinski definition) is 2. The first-order chi connectivity index (χ1) is 17.2. The van der Waals surface area contributed by atoms with Crippen molar-refractivity contribution in [2.45, 2.75) is 63.6 Å². The van der Waals surface area contributed by atoms with Crippen LogP contribution in [0, 0.1) is 0 Å². The van der Waals surface area contributed by atoms with E-state index in [0.29, 0.717) is 28.6 Å². The Labute approximate surface area is 224 Å². The molecule has 0 radical (unpaired) electrons. The van der Waals surface area contributed by atoms with Crippen molar-refractivity contribution < 1.29 is 4.74 Å². The highest BCUT2D eigenvalue weighted by molar-refractivity contribution is 8.00. The molecule has 1 aliphatic rings. The molecule has 0 unspecified atom stereocenters. The van der Waals surface area contributed by atoms with Crippen LogP contribution in [0.3, 0.4) is 0 Å². The third-order valence-electron chi connectivity index (χ3n) is 6.19. The van der Waals surface area contributed by atoms with E-state index in [9.17, 15) is 0 Å². The predicted octanol–water partition coefficient (Wildman–Crippen LogP) is 7.63. The maximum absolute atomic E-state index is 6.49. The van der Waals surface area contributed by atoms with Crippen molar-refractivity contribution in [1.29, 1.82) is 0 Å². The Bertz CT molecular complexity index is 1220. The maximum atomic E-state index is 6.49. The van der Waals surface area contributed by atoms with Gasteiger partial charge in [0.1, 0.15) is 10.8 Å². The van der Waals surface area contributed by atoms with Crippen LogP contribution in [0.4, 0.5) is 23.1 Å². The number of thioether (sulfide) groups is 1. The Morgan fingerprint density at radius 2 is 1.92 bits per heavy atom. The number of anilines is 4. The Morgan fingerprint density at radius 3 is 2.64 bits per heavy atom. The fourth-order valence-electron chi connectivity index (χ4n) is 4.61. The van der Waals surface area contributed by atoms with Gasteiger partial charge in [-0.15, -0.1) is 11.8 Å². The summed E-state index contributed by atoms with van der Waals surface area (Å²) in [5.41, 5.74) is 4.50. The molecule has 1 aromatic heterocycles. The van der Waals surface area contributed by atoms with Crippen molar-refractivity contribution >= 4 is 46.5 Å². The number of ether oxygens (including phenoxy) is 1. The van der Waals surface area contributed by atoms with Gasteiger partial charge in [-0.05, 0) is 48.9 Å². The first-order valence-corrected chi connectivity index (χ1v) is 13.8. The van der Waals surface area contributed by atoms with Crippen molar-refractivity contribution in [3.63, 3.8) is 0 Å². The molecular weight excluding hydrogens is 490 g/mol. The second-order valence-electron chi connectivity index (χ2n) is 9.93. The second-order valence-corrected chi connectivity index (χ2v) is 12.0. The summed E-state index contributed by atoms with van der Waals surface area (Å²) in [6, 6.07) is 12.5. The Morgan fingerprint density at radius 1 is 1.14 bits per heavy atom. The molecule has 36 heavy (non-hydrogen) atoms. The summed E-state index contributed by atoms with van der Waals surface area (Å²) in [7, 11) is 0. The highest BCUT2D eigenvalue weighted by Gasteiger charge is 2.32. The quantitative estimate of drug-likeness (QED) is 0.278. The zero-order chi connectivity index (χ0) is 25.9. The van der Waals surface area contributed by atoms with E-state index >= 15 is 0 Å². The minimum atomic E-state index is 0.0449. The zero-order valence-corrected chi connectivity index (χ0v) is 23.6. The largest absolute Gasteiger partial charge is 0.492 e. The van der Waals surface area contributed by atoms with E-state index in [4.69, 9.17) is 21.3 Å². The van der Waals surface area contributed by atoms with Crippen LogP contribution in [0.1, 0.15) is 52.7 Å². The third-order valence-corrected chi connectivity index (χ3v) is 7.55. The average molecular weight is 526 g/mol. The summed E-state index contributed by atoms with van der Waals surface area (Å²) in [6.07, 6.45) is 1.62. The molecular formula is C28H36ClN5OS. The van der Waals surface area contributed by atoms with Crippen LogP contribution < -0.4 is 15.4 Å². The Balaban J connectivity index is 1.66. The lowest BCUT2D eigenvalue weighted by Crippen LogP contribution is -2.41. The molecule has 3 aromatic rings. The standard InChI is InChI=1S/C28H36ClN5OS/c1-7-34-16-19-13-23(24(35-8-2)14-20(19)28(5,6)17-34)32-27-30-15-21(29)26(33-27)31-22-11-9-10-12-25(22)36-18(3)4/h9-15,18H,7-8,16-17H2,1-6H3,(H2,30,31,32,33). The van der Waals surface area contributed by atoms with E-state index in [1.54, 1.807) is 18.0 Å². The normalized spacial score (nSPS) is 15.0. The van der Waals surface area contributed by atoms with Gasteiger partial charge in [-0.25, -0.2) is 4.98 Å². The molecule has 192 valence electrons. The summed E-state index contributed by atoms with van der Waals surface area (Å²) in [4.78, 5) is 12.8. The number of nitrogens with zero attached hydrogens (tertiary/aromatic N) is 3. The molecule has 0 spiro atoms. The van der Waals surface area contributed by atoms with Gasteiger partial charge in [0.25, 0.3) is 0 Å². The molecule has 0 bridgehead atoms. The molecule has 2 aromatic carbocycles. The first kappa shape index (κ1) is 26.6. The number of benzene rings is 2. The SMILES string of the molecule is CCOc1cc2c(cc1Nc1ncc(Cl)c(Nc3ccccc3SC(C)C)n1)CN(CC)CC2(C)C. The number of para-hydroxylation sites is 1. The van der Waals surface area contributed by atoms with Crippen molar-refractivity contribution in [3.8, 4) is 5.75 Å². The number of halogens is 1. The molecule has 1 aliphatic heterocycles. The highest BCUT2D eigenvalue weighted by Crippen LogP contribution is 2.40. The minimum absolute atomic E-state index is 0.0449. The van der Waals surface area contributed by atoms with Crippen LogP contribution >= 0.6 is 23.4 Å².